The molecule has 0 saturated carbocycles. The SMILES string of the molecule is CCCCCCCCCCCCC(CCCCCCCCCC)(CCCCCCCCCCC)CCCCCCCCCCCC. The standard InChI is InChI=1S/C46H94/c1-5-9-13-17-21-25-28-32-36-40-44-46(42-38-34-30-24-20-16-12-8-4,43-39-35-31-27-23-19-15-11-7-3)45-41-37-33-29-26-22-18-14-10-6-2/h5-45H2,1-4H3. The molecule has 0 heterocycles. The van der Waals surface area contributed by atoms with Gasteiger partial charge in [0, 0.05) is 0 Å². The summed E-state index contributed by atoms with van der Waals surface area (Å²) in [5, 5.41) is 0. The molecule has 0 N–H and O–H groups in total. The summed E-state index contributed by atoms with van der Waals surface area (Å²) < 4.78 is 0. The molecule has 0 aliphatic rings. The molecule has 0 aliphatic heterocycles. The van der Waals surface area contributed by atoms with Gasteiger partial charge in [-0.2, -0.15) is 0 Å². The van der Waals surface area contributed by atoms with Crippen LogP contribution in [0.1, 0.15) is 291 Å². The fourth-order valence-electron chi connectivity index (χ4n) is 8.17. The van der Waals surface area contributed by atoms with Crippen molar-refractivity contribution in [2.45, 2.75) is 291 Å². The molecule has 0 heteroatoms. The van der Waals surface area contributed by atoms with Crippen LogP contribution in [0.3, 0.4) is 0 Å². The summed E-state index contributed by atoms with van der Waals surface area (Å²) in [5.74, 6) is 0. The Hall–Kier alpha value is 0. The van der Waals surface area contributed by atoms with Crippen LogP contribution in [0.2, 0.25) is 0 Å². The zero-order chi connectivity index (χ0) is 33.5. The minimum atomic E-state index is 0.670. The van der Waals surface area contributed by atoms with Crippen LogP contribution in [0, 0.1) is 5.41 Å². The van der Waals surface area contributed by atoms with Crippen LogP contribution < -0.4 is 0 Å². The largest absolute Gasteiger partial charge is 0.0654 e. The highest BCUT2D eigenvalue weighted by Crippen LogP contribution is 2.42. The molecule has 0 radical (unpaired) electrons. The van der Waals surface area contributed by atoms with Crippen molar-refractivity contribution in [1.29, 1.82) is 0 Å². The molecule has 278 valence electrons. The summed E-state index contributed by atoms with van der Waals surface area (Å²) in [5.41, 5.74) is 0.670. The highest BCUT2D eigenvalue weighted by atomic mass is 14.3. The first-order valence-electron chi connectivity index (χ1n) is 22.7. The van der Waals surface area contributed by atoms with E-state index in [0.29, 0.717) is 5.41 Å². The second-order valence-corrected chi connectivity index (χ2v) is 16.2. The van der Waals surface area contributed by atoms with Crippen molar-refractivity contribution in [1.82, 2.24) is 0 Å². The van der Waals surface area contributed by atoms with Crippen LogP contribution in [0.5, 0.6) is 0 Å². The van der Waals surface area contributed by atoms with Gasteiger partial charge in [0.25, 0.3) is 0 Å². The van der Waals surface area contributed by atoms with Gasteiger partial charge in [0.1, 0.15) is 0 Å². The lowest BCUT2D eigenvalue weighted by Gasteiger charge is -2.35. The molecule has 0 unspecified atom stereocenters. The van der Waals surface area contributed by atoms with Crippen LogP contribution in [-0.4, -0.2) is 0 Å². The lowest BCUT2D eigenvalue weighted by atomic mass is 9.70. The van der Waals surface area contributed by atoms with E-state index < -0.39 is 0 Å². The van der Waals surface area contributed by atoms with Crippen LogP contribution in [-0.2, 0) is 0 Å². The molecule has 0 spiro atoms. The van der Waals surface area contributed by atoms with Gasteiger partial charge in [-0.1, -0.05) is 265 Å². The van der Waals surface area contributed by atoms with Crippen molar-refractivity contribution in [3.05, 3.63) is 0 Å². The van der Waals surface area contributed by atoms with Crippen molar-refractivity contribution in [3.63, 3.8) is 0 Å². The molecule has 0 bridgehead atoms. The van der Waals surface area contributed by atoms with Crippen LogP contribution in [0.25, 0.3) is 0 Å². The molecule has 0 fully saturated rings. The second kappa shape index (κ2) is 39.4. The van der Waals surface area contributed by atoms with E-state index in [1.807, 2.05) is 0 Å². The average Bonchev–Trinajstić information content (AvgIpc) is 3.06. The Morgan fingerprint density at radius 3 is 0.457 bits per heavy atom. The Morgan fingerprint density at radius 1 is 0.174 bits per heavy atom. The Balaban J connectivity index is 4.84. The fourth-order valence-corrected chi connectivity index (χ4v) is 8.17. The van der Waals surface area contributed by atoms with E-state index >= 15 is 0 Å². The van der Waals surface area contributed by atoms with Crippen molar-refractivity contribution < 1.29 is 0 Å². The lowest BCUT2D eigenvalue weighted by molar-refractivity contribution is 0.171. The predicted octanol–water partition coefficient (Wildman–Crippen LogP) is 18.0. The first-order valence-corrected chi connectivity index (χ1v) is 22.7. The topological polar surface area (TPSA) is 0 Å². The smallest absolute Gasteiger partial charge is 0.0297 e. The van der Waals surface area contributed by atoms with E-state index in [2.05, 4.69) is 27.7 Å². The van der Waals surface area contributed by atoms with Gasteiger partial charge in [-0.25, -0.2) is 0 Å². The van der Waals surface area contributed by atoms with Crippen molar-refractivity contribution >= 4 is 0 Å². The molecule has 0 nitrogen and oxygen atoms in total. The Kier molecular flexibility index (Phi) is 39.4. The highest BCUT2D eigenvalue weighted by molar-refractivity contribution is 4.80. The molecular formula is C46H94. The fraction of sp³-hybridized carbons (Fsp3) is 1.00. The molecule has 0 atom stereocenters. The van der Waals surface area contributed by atoms with Gasteiger partial charge in [0.15, 0.2) is 0 Å². The van der Waals surface area contributed by atoms with Gasteiger partial charge in [-0.05, 0) is 31.1 Å². The third-order valence-corrected chi connectivity index (χ3v) is 11.5. The number of rotatable bonds is 41. The summed E-state index contributed by atoms with van der Waals surface area (Å²) in [6.07, 6.45) is 60.7. The summed E-state index contributed by atoms with van der Waals surface area (Å²) in [6.45, 7) is 9.35. The van der Waals surface area contributed by atoms with Gasteiger partial charge in [0.05, 0.1) is 0 Å². The molecule has 0 amide bonds. The molecule has 0 rings (SSSR count). The van der Waals surface area contributed by atoms with E-state index in [-0.39, 0.29) is 0 Å². The Morgan fingerprint density at radius 2 is 0.304 bits per heavy atom. The lowest BCUT2D eigenvalue weighted by Crippen LogP contribution is -2.21. The molecule has 0 aromatic rings. The van der Waals surface area contributed by atoms with Crippen molar-refractivity contribution in [3.8, 4) is 0 Å². The average molecular weight is 647 g/mol. The molecule has 0 aromatic carbocycles. The molecule has 46 heavy (non-hydrogen) atoms. The van der Waals surface area contributed by atoms with Gasteiger partial charge >= 0.3 is 0 Å². The predicted molar refractivity (Wildman–Crippen MR) is 214 cm³/mol. The minimum Gasteiger partial charge on any atom is -0.0654 e. The van der Waals surface area contributed by atoms with E-state index in [1.165, 1.54) is 238 Å². The van der Waals surface area contributed by atoms with Gasteiger partial charge < -0.3 is 0 Å². The van der Waals surface area contributed by atoms with E-state index in [0.717, 1.165) is 0 Å². The third-order valence-electron chi connectivity index (χ3n) is 11.5. The maximum absolute atomic E-state index is 2.34. The van der Waals surface area contributed by atoms with E-state index in [1.54, 1.807) is 25.7 Å². The highest BCUT2D eigenvalue weighted by Gasteiger charge is 2.28. The van der Waals surface area contributed by atoms with E-state index in [9.17, 15) is 0 Å². The first kappa shape index (κ1) is 46.0. The Labute approximate surface area is 295 Å². The van der Waals surface area contributed by atoms with Crippen molar-refractivity contribution in [2.75, 3.05) is 0 Å². The zero-order valence-electron chi connectivity index (χ0n) is 33.5. The van der Waals surface area contributed by atoms with Gasteiger partial charge in [0.2, 0.25) is 0 Å². The Bertz CT molecular complexity index is 496. The summed E-state index contributed by atoms with van der Waals surface area (Å²) in [6, 6.07) is 0. The normalized spacial score (nSPS) is 12.0. The third kappa shape index (κ3) is 33.9. The first-order chi connectivity index (χ1) is 22.7. The number of hydrogen-bond acceptors (Lipinski definition) is 0. The quantitative estimate of drug-likeness (QED) is 0.0580. The van der Waals surface area contributed by atoms with Crippen LogP contribution >= 0.6 is 0 Å². The van der Waals surface area contributed by atoms with Gasteiger partial charge in [-0.3, -0.25) is 0 Å². The molecule has 0 aromatic heterocycles. The molecule has 0 aliphatic carbocycles. The number of hydrogen-bond donors (Lipinski definition) is 0. The monoisotopic (exact) mass is 647 g/mol. The molecule has 0 saturated heterocycles. The summed E-state index contributed by atoms with van der Waals surface area (Å²) in [7, 11) is 0. The minimum absolute atomic E-state index is 0.670. The van der Waals surface area contributed by atoms with Crippen molar-refractivity contribution in [2.24, 2.45) is 5.41 Å². The maximum atomic E-state index is 2.34. The second-order valence-electron chi connectivity index (χ2n) is 16.2. The summed E-state index contributed by atoms with van der Waals surface area (Å²) in [4.78, 5) is 0. The van der Waals surface area contributed by atoms with Crippen LogP contribution in [0.4, 0.5) is 0 Å². The van der Waals surface area contributed by atoms with E-state index in [4.69, 9.17) is 0 Å². The van der Waals surface area contributed by atoms with Gasteiger partial charge in [-0.15, -0.1) is 0 Å². The zero-order valence-corrected chi connectivity index (χ0v) is 33.5. The summed E-state index contributed by atoms with van der Waals surface area (Å²) >= 11 is 0. The maximum Gasteiger partial charge on any atom is -0.0297 e. The number of unbranched alkanes of at least 4 members (excludes halogenated alkanes) is 33. The van der Waals surface area contributed by atoms with Crippen LogP contribution in [0.15, 0.2) is 0 Å². The molecular weight excluding hydrogens is 553 g/mol.